The average molecular weight is 340 g/mol. The van der Waals surface area contributed by atoms with E-state index >= 15 is 0 Å². The lowest BCUT2D eigenvalue weighted by molar-refractivity contribution is -0.140. The fourth-order valence-electron chi connectivity index (χ4n) is 3.19. The summed E-state index contributed by atoms with van der Waals surface area (Å²) < 4.78 is 5.80. The molecule has 2 aromatic rings. The summed E-state index contributed by atoms with van der Waals surface area (Å²) in [5, 5.41) is 9.17. The average Bonchev–Trinajstić information content (AvgIpc) is 3.02. The molecule has 0 amide bonds. The first kappa shape index (κ1) is 17.5. The largest absolute Gasteiger partial charge is 0.494 e. The maximum absolute atomic E-state index is 11.2. The molecular formula is C20H24N2O3. The van der Waals surface area contributed by atoms with Gasteiger partial charge >= 0.3 is 5.97 Å². The van der Waals surface area contributed by atoms with Crippen molar-refractivity contribution in [2.45, 2.75) is 31.8 Å². The number of aryl methyl sites for hydroxylation is 1. The number of nitrogens with one attached hydrogen (secondary N) is 2. The fourth-order valence-corrected chi connectivity index (χ4v) is 3.19. The molecule has 0 bridgehead atoms. The van der Waals surface area contributed by atoms with E-state index < -0.39 is 12.0 Å². The van der Waals surface area contributed by atoms with Crippen LogP contribution in [0.4, 0.5) is 0 Å². The summed E-state index contributed by atoms with van der Waals surface area (Å²) in [5.74, 6) is -0.0267. The summed E-state index contributed by atoms with van der Waals surface area (Å²) in [6, 6.07) is 17.7. The molecule has 0 aliphatic carbocycles. The molecule has 3 atom stereocenters. The molecule has 1 aliphatic heterocycles. The van der Waals surface area contributed by atoms with Crippen LogP contribution >= 0.6 is 0 Å². The van der Waals surface area contributed by atoms with E-state index in [0.717, 1.165) is 24.2 Å². The van der Waals surface area contributed by atoms with Crippen LogP contribution in [0.25, 0.3) is 0 Å². The number of carboxylic acids is 1. The Kier molecular flexibility index (Phi) is 5.68. The van der Waals surface area contributed by atoms with E-state index in [4.69, 9.17) is 4.74 Å². The second-order valence-corrected chi connectivity index (χ2v) is 6.45. The van der Waals surface area contributed by atoms with Gasteiger partial charge in [0.15, 0.2) is 0 Å². The lowest BCUT2D eigenvalue weighted by Crippen LogP contribution is -2.37. The second-order valence-electron chi connectivity index (χ2n) is 6.45. The van der Waals surface area contributed by atoms with Gasteiger partial charge in [0.2, 0.25) is 0 Å². The molecule has 0 spiro atoms. The maximum atomic E-state index is 11.2. The van der Waals surface area contributed by atoms with Crippen LogP contribution in [0.3, 0.4) is 0 Å². The van der Waals surface area contributed by atoms with Crippen molar-refractivity contribution in [3.63, 3.8) is 0 Å². The number of ether oxygens (including phenoxy) is 1. The first-order chi connectivity index (χ1) is 12.1. The normalized spacial score (nSPS) is 22.7. The van der Waals surface area contributed by atoms with Gasteiger partial charge in [0.25, 0.3) is 0 Å². The van der Waals surface area contributed by atoms with Crippen molar-refractivity contribution in [2.24, 2.45) is 5.92 Å². The highest BCUT2D eigenvalue weighted by Crippen LogP contribution is 2.29. The van der Waals surface area contributed by atoms with Crippen molar-refractivity contribution < 1.29 is 14.6 Å². The summed E-state index contributed by atoms with van der Waals surface area (Å²) in [4.78, 5) is 11.2. The predicted molar refractivity (Wildman–Crippen MR) is 96.3 cm³/mol. The Balaban J connectivity index is 1.48. The molecule has 25 heavy (non-hydrogen) atoms. The standard InChI is InChI=1S/C20H24N2O3/c1-14-18(21-22-19(14)20(23)24)16-9-11-17(12-10-16)25-13-5-8-15-6-3-2-4-7-15/h2-4,6-7,9-12,14,18-19,21-22H,5,8,13H2,1H3,(H,23,24). The number of hydrogen-bond acceptors (Lipinski definition) is 4. The van der Waals surface area contributed by atoms with E-state index in [1.807, 2.05) is 37.3 Å². The maximum Gasteiger partial charge on any atom is 0.322 e. The molecule has 3 rings (SSSR count). The van der Waals surface area contributed by atoms with E-state index in [-0.39, 0.29) is 12.0 Å². The van der Waals surface area contributed by atoms with Crippen LogP contribution in [0.1, 0.15) is 30.5 Å². The van der Waals surface area contributed by atoms with Gasteiger partial charge in [-0.3, -0.25) is 4.79 Å². The summed E-state index contributed by atoms with van der Waals surface area (Å²) >= 11 is 0. The van der Waals surface area contributed by atoms with E-state index in [1.165, 1.54) is 5.56 Å². The van der Waals surface area contributed by atoms with Crippen molar-refractivity contribution in [1.82, 2.24) is 10.9 Å². The third-order valence-electron chi connectivity index (χ3n) is 4.67. The molecule has 5 heteroatoms. The second kappa shape index (κ2) is 8.14. The van der Waals surface area contributed by atoms with Gasteiger partial charge in [0.05, 0.1) is 12.6 Å². The number of hydrazine groups is 1. The molecule has 3 N–H and O–H groups in total. The quantitative estimate of drug-likeness (QED) is 0.676. The van der Waals surface area contributed by atoms with Gasteiger partial charge in [-0.05, 0) is 36.1 Å². The number of carbonyl (C=O) groups is 1. The van der Waals surface area contributed by atoms with Gasteiger partial charge in [-0.1, -0.05) is 49.4 Å². The Morgan fingerprint density at radius 2 is 1.80 bits per heavy atom. The Labute approximate surface area is 148 Å². The van der Waals surface area contributed by atoms with Gasteiger partial charge in [-0.15, -0.1) is 0 Å². The van der Waals surface area contributed by atoms with Crippen molar-refractivity contribution in [1.29, 1.82) is 0 Å². The predicted octanol–water partition coefficient (Wildman–Crippen LogP) is 2.94. The lowest BCUT2D eigenvalue weighted by Gasteiger charge is -2.17. The van der Waals surface area contributed by atoms with Crippen molar-refractivity contribution in [2.75, 3.05) is 6.61 Å². The minimum absolute atomic E-state index is 0.0202. The van der Waals surface area contributed by atoms with Crippen molar-refractivity contribution in [3.8, 4) is 5.75 Å². The molecule has 1 saturated heterocycles. The fraction of sp³-hybridized carbons (Fsp3) is 0.350. The van der Waals surface area contributed by atoms with Crippen LogP contribution in [0.15, 0.2) is 54.6 Å². The molecule has 132 valence electrons. The first-order valence-corrected chi connectivity index (χ1v) is 8.65. The van der Waals surface area contributed by atoms with Crippen LogP contribution in [-0.2, 0) is 11.2 Å². The topological polar surface area (TPSA) is 70.6 Å². The minimum atomic E-state index is -0.833. The molecule has 2 aromatic carbocycles. The molecular weight excluding hydrogens is 316 g/mol. The zero-order valence-corrected chi connectivity index (χ0v) is 14.3. The molecule has 3 unspecified atom stereocenters. The van der Waals surface area contributed by atoms with Gasteiger partial charge in [0.1, 0.15) is 11.8 Å². The molecule has 0 aromatic heterocycles. The number of rotatable bonds is 7. The lowest BCUT2D eigenvalue weighted by atomic mass is 9.91. The van der Waals surface area contributed by atoms with E-state index in [1.54, 1.807) is 0 Å². The molecule has 1 heterocycles. The van der Waals surface area contributed by atoms with Crippen LogP contribution in [0.5, 0.6) is 5.75 Å². The number of aliphatic carboxylic acids is 1. The zero-order valence-electron chi connectivity index (χ0n) is 14.3. The van der Waals surface area contributed by atoms with E-state index in [2.05, 4.69) is 35.1 Å². The smallest absolute Gasteiger partial charge is 0.322 e. The summed E-state index contributed by atoms with van der Waals surface area (Å²) in [5.41, 5.74) is 8.30. The van der Waals surface area contributed by atoms with Crippen molar-refractivity contribution >= 4 is 5.97 Å². The highest BCUT2D eigenvalue weighted by Gasteiger charge is 2.37. The molecule has 0 saturated carbocycles. The van der Waals surface area contributed by atoms with Gasteiger partial charge in [-0.25, -0.2) is 10.9 Å². The van der Waals surface area contributed by atoms with E-state index in [9.17, 15) is 9.90 Å². The first-order valence-electron chi connectivity index (χ1n) is 8.65. The molecule has 1 fully saturated rings. The molecule has 0 radical (unpaired) electrons. The van der Waals surface area contributed by atoms with Crippen LogP contribution < -0.4 is 15.6 Å². The zero-order chi connectivity index (χ0) is 17.6. The van der Waals surface area contributed by atoms with Gasteiger partial charge in [-0.2, -0.15) is 0 Å². The number of benzene rings is 2. The van der Waals surface area contributed by atoms with Crippen LogP contribution in [0, 0.1) is 5.92 Å². The molecule has 1 aliphatic rings. The van der Waals surface area contributed by atoms with Crippen LogP contribution in [0.2, 0.25) is 0 Å². The minimum Gasteiger partial charge on any atom is -0.494 e. The Morgan fingerprint density at radius 1 is 1.08 bits per heavy atom. The third-order valence-corrected chi connectivity index (χ3v) is 4.67. The SMILES string of the molecule is CC1C(C(=O)O)NNC1c1ccc(OCCCc2ccccc2)cc1. The van der Waals surface area contributed by atoms with Crippen molar-refractivity contribution in [3.05, 3.63) is 65.7 Å². The van der Waals surface area contributed by atoms with Crippen LogP contribution in [-0.4, -0.2) is 23.7 Å². The van der Waals surface area contributed by atoms with E-state index in [0.29, 0.717) is 6.61 Å². The van der Waals surface area contributed by atoms with Gasteiger partial charge in [0, 0.05) is 5.92 Å². The highest BCUT2D eigenvalue weighted by atomic mass is 16.5. The monoisotopic (exact) mass is 340 g/mol. The highest BCUT2D eigenvalue weighted by molar-refractivity contribution is 5.74. The summed E-state index contributed by atoms with van der Waals surface area (Å²) in [7, 11) is 0. The summed E-state index contributed by atoms with van der Waals surface area (Å²) in [6.07, 6.45) is 1.97. The Morgan fingerprint density at radius 3 is 2.44 bits per heavy atom. The number of hydrogen-bond donors (Lipinski definition) is 3. The number of carboxylic acid groups (broad SMARTS) is 1. The third kappa shape index (κ3) is 4.38. The molecule has 5 nitrogen and oxygen atoms in total. The Hall–Kier alpha value is -2.37. The Bertz CT molecular complexity index is 688. The van der Waals surface area contributed by atoms with Gasteiger partial charge < -0.3 is 9.84 Å². The summed E-state index contributed by atoms with van der Waals surface area (Å²) in [6.45, 7) is 2.61.